The summed E-state index contributed by atoms with van der Waals surface area (Å²) in [7, 11) is 1.88. The van der Waals surface area contributed by atoms with Gasteiger partial charge >= 0.3 is 0 Å². The van der Waals surface area contributed by atoms with E-state index in [1.807, 2.05) is 13.1 Å². The van der Waals surface area contributed by atoms with E-state index in [4.69, 9.17) is 4.74 Å². The molecule has 0 saturated carbocycles. The number of aliphatic imine (C=N–C) groups is 1. The third-order valence-electron chi connectivity index (χ3n) is 5.52. The molecular weight excluding hydrogens is 324 g/mol. The predicted octanol–water partition coefficient (Wildman–Crippen LogP) is 2.93. The van der Waals surface area contributed by atoms with E-state index in [0.717, 1.165) is 31.3 Å². The summed E-state index contributed by atoms with van der Waals surface area (Å²) in [6.07, 6.45) is 3.97. The van der Waals surface area contributed by atoms with E-state index in [-0.39, 0.29) is 0 Å². The third-order valence-corrected chi connectivity index (χ3v) is 5.52. The van der Waals surface area contributed by atoms with Crippen LogP contribution in [0.2, 0.25) is 0 Å². The summed E-state index contributed by atoms with van der Waals surface area (Å²) in [5.41, 5.74) is 1.27. The Hall–Kier alpha value is -1.75. The van der Waals surface area contributed by atoms with Crippen LogP contribution in [0.5, 0.6) is 5.75 Å². The quantitative estimate of drug-likeness (QED) is 0.482. The summed E-state index contributed by atoms with van der Waals surface area (Å²) in [6.45, 7) is 10.5. The van der Waals surface area contributed by atoms with E-state index in [1.165, 1.54) is 37.9 Å². The predicted molar refractivity (Wildman–Crippen MR) is 108 cm³/mol. The monoisotopic (exact) mass is 358 g/mol. The van der Waals surface area contributed by atoms with Gasteiger partial charge < -0.3 is 15.0 Å². The maximum absolute atomic E-state index is 6.01. The molecule has 5 nitrogen and oxygen atoms in total. The third kappa shape index (κ3) is 4.70. The molecule has 2 aliphatic heterocycles. The van der Waals surface area contributed by atoms with Crippen LogP contribution in [0.1, 0.15) is 44.6 Å². The first-order chi connectivity index (χ1) is 12.7. The van der Waals surface area contributed by atoms with Crippen molar-refractivity contribution in [2.24, 2.45) is 4.99 Å². The second-order valence-corrected chi connectivity index (χ2v) is 7.65. The SMILES string of the molecule is CN=C(NCCOc1ccccc1C(C)C)N1CCC(N2CCCC2)C1. The van der Waals surface area contributed by atoms with Crippen LogP contribution < -0.4 is 10.1 Å². The van der Waals surface area contributed by atoms with Gasteiger partial charge in [0.1, 0.15) is 12.4 Å². The van der Waals surface area contributed by atoms with Crippen LogP contribution in [0.3, 0.4) is 0 Å². The molecule has 2 saturated heterocycles. The molecular formula is C21H34N4O. The number of rotatable bonds is 6. The molecule has 1 N–H and O–H groups in total. The number of nitrogens with zero attached hydrogens (tertiary/aromatic N) is 3. The van der Waals surface area contributed by atoms with Crippen LogP contribution in [0.25, 0.3) is 0 Å². The van der Waals surface area contributed by atoms with Crippen molar-refractivity contribution in [3.8, 4) is 5.75 Å². The van der Waals surface area contributed by atoms with Crippen molar-refractivity contribution in [1.29, 1.82) is 0 Å². The first-order valence-corrected chi connectivity index (χ1v) is 10.1. The smallest absolute Gasteiger partial charge is 0.193 e. The Morgan fingerprint density at radius 3 is 2.73 bits per heavy atom. The molecule has 3 rings (SSSR count). The summed E-state index contributed by atoms with van der Waals surface area (Å²) in [6, 6.07) is 9.02. The number of hydrogen-bond acceptors (Lipinski definition) is 3. The number of guanidine groups is 1. The molecule has 0 bridgehead atoms. The zero-order valence-electron chi connectivity index (χ0n) is 16.6. The van der Waals surface area contributed by atoms with Crippen molar-refractivity contribution in [2.45, 2.75) is 45.1 Å². The zero-order chi connectivity index (χ0) is 18.4. The molecule has 0 amide bonds. The molecule has 0 aliphatic carbocycles. The van der Waals surface area contributed by atoms with Gasteiger partial charge in [0.15, 0.2) is 5.96 Å². The summed E-state index contributed by atoms with van der Waals surface area (Å²) in [5.74, 6) is 2.47. The number of para-hydroxylation sites is 1. The number of hydrogen-bond donors (Lipinski definition) is 1. The minimum absolute atomic E-state index is 0.471. The van der Waals surface area contributed by atoms with Crippen LogP contribution in [0.4, 0.5) is 0 Å². The Balaban J connectivity index is 1.44. The summed E-state index contributed by atoms with van der Waals surface area (Å²) >= 11 is 0. The van der Waals surface area contributed by atoms with E-state index in [0.29, 0.717) is 18.6 Å². The van der Waals surface area contributed by atoms with Gasteiger partial charge in [-0.1, -0.05) is 32.0 Å². The molecule has 0 radical (unpaired) electrons. The fourth-order valence-electron chi connectivity index (χ4n) is 4.08. The Kier molecular flexibility index (Phi) is 6.78. The maximum atomic E-state index is 6.01. The summed E-state index contributed by atoms with van der Waals surface area (Å²) in [5, 5.41) is 3.47. The van der Waals surface area contributed by atoms with Crippen LogP contribution >= 0.6 is 0 Å². The lowest BCUT2D eigenvalue weighted by molar-refractivity contribution is 0.249. The van der Waals surface area contributed by atoms with Crippen molar-refractivity contribution in [2.75, 3.05) is 46.4 Å². The second kappa shape index (κ2) is 9.26. The minimum Gasteiger partial charge on any atom is -0.491 e. The number of likely N-dealkylation sites (tertiary alicyclic amines) is 2. The molecule has 0 aromatic heterocycles. The van der Waals surface area contributed by atoms with Gasteiger partial charge in [0, 0.05) is 26.2 Å². The fraction of sp³-hybridized carbons (Fsp3) is 0.667. The van der Waals surface area contributed by atoms with Crippen molar-refractivity contribution in [3.05, 3.63) is 29.8 Å². The van der Waals surface area contributed by atoms with Crippen LogP contribution in [-0.2, 0) is 0 Å². The standard InChI is InChI=1S/C21H34N4O/c1-17(2)19-8-4-5-9-20(19)26-15-11-23-21(22-3)25-14-10-18(16-25)24-12-6-7-13-24/h4-5,8-9,17-18H,6-7,10-16H2,1-3H3,(H,22,23). The van der Waals surface area contributed by atoms with E-state index in [1.54, 1.807) is 0 Å². The highest BCUT2D eigenvalue weighted by Crippen LogP contribution is 2.25. The molecule has 1 unspecified atom stereocenters. The summed E-state index contributed by atoms with van der Waals surface area (Å²) < 4.78 is 6.01. The number of nitrogens with one attached hydrogen (secondary N) is 1. The first kappa shape index (κ1) is 19.0. The van der Waals surface area contributed by atoms with Gasteiger partial charge in [-0.25, -0.2) is 0 Å². The lowest BCUT2D eigenvalue weighted by Crippen LogP contribution is -2.43. The highest BCUT2D eigenvalue weighted by Gasteiger charge is 2.30. The van der Waals surface area contributed by atoms with Gasteiger partial charge in [-0.2, -0.15) is 0 Å². The average Bonchev–Trinajstić information content (AvgIpc) is 3.33. The van der Waals surface area contributed by atoms with Gasteiger partial charge in [-0.3, -0.25) is 9.89 Å². The number of ether oxygens (including phenoxy) is 1. The van der Waals surface area contributed by atoms with Gasteiger partial charge in [-0.15, -0.1) is 0 Å². The maximum Gasteiger partial charge on any atom is 0.193 e. The Bertz CT molecular complexity index is 595. The average molecular weight is 359 g/mol. The van der Waals surface area contributed by atoms with Crippen molar-refractivity contribution < 1.29 is 4.74 Å². The van der Waals surface area contributed by atoms with Gasteiger partial charge in [0.2, 0.25) is 0 Å². The molecule has 2 fully saturated rings. The van der Waals surface area contributed by atoms with Gasteiger partial charge in [0.25, 0.3) is 0 Å². The van der Waals surface area contributed by atoms with Crippen molar-refractivity contribution >= 4 is 5.96 Å². The Labute approximate surface area is 158 Å². The molecule has 1 aromatic rings. The highest BCUT2D eigenvalue weighted by molar-refractivity contribution is 5.80. The highest BCUT2D eigenvalue weighted by atomic mass is 16.5. The zero-order valence-corrected chi connectivity index (χ0v) is 16.6. The van der Waals surface area contributed by atoms with E-state index >= 15 is 0 Å². The first-order valence-electron chi connectivity index (χ1n) is 10.1. The molecule has 1 aromatic carbocycles. The van der Waals surface area contributed by atoms with Crippen molar-refractivity contribution in [3.63, 3.8) is 0 Å². The van der Waals surface area contributed by atoms with Crippen molar-refractivity contribution in [1.82, 2.24) is 15.1 Å². The molecule has 26 heavy (non-hydrogen) atoms. The lowest BCUT2D eigenvalue weighted by Gasteiger charge is -2.25. The summed E-state index contributed by atoms with van der Waals surface area (Å²) in [4.78, 5) is 9.52. The molecule has 1 atom stereocenters. The second-order valence-electron chi connectivity index (χ2n) is 7.65. The minimum atomic E-state index is 0.471. The topological polar surface area (TPSA) is 40.1 Å². The molecule has 0 spiro atoms. The number of benzene rings is 1. The normalized spacial score (nSPS) is 21.6. The Morgan fingerprint density at radius 2 is 2.00 bits per heavy atom. The van der Waals surface area contributed by atoms with Gasteiger partial charge in [0.05, 0.1) is 6.54 Å². The molecule has 2 heterocycles. The fourth-order valence-corrected chi connectivity index (χ4v) is 4.08. The Morgan fingerprint density at radius 1 is 1.23 bits per heavy atom. The van der Waals surface area contributed by atoms with Gasteiger partial charge in [-0.05, 0) is 49.9 Å². The van der Waals surface area contributed by atoms with Crippen LogP contribution in [0.15, 0.2) is 29.3 Å². The lowest BCUT2D eigenvalue weighted by atomic mass is 10.0. The van der Waals surface area contributed by atoms with E-state index in [9.17, 15) is 0 Å². The van der Waals surface area contributed by atoms with Crippen LogP contribution in [-0.4, -0.2) is 68.2 Å². The molecule has 2 aliphatic rings. The van der Waals surface area contributed by atoms with E-state index in [2.05, 4.69) is 52.2 Å². The molecule has 5 heteroatoms. The van der Waals surface area contributed by atoms with E-state index < -0.39 is 0 Å². The van der Waals surface area contributed by atoms with Crippen LogP contribution in [0, 0.1) is 0 Å². The molecule has 144 valence electrons. The largest absolute Gasteiger partial charge is 0.491 e.